The minimum atomic E-state index is -0.528. The Morgan fingerprint density at radius 2 is 1.62 bits per heavy atom. The summed E-state index contributed by atoms with van der Waals surface area (Å²) in [5, 5.41) is 4.33. The van der Waals surface area contributed by atoms with Crippen molar-refractivity contribution < 1.29 is 4.79 Å². The van der Waals surface area contributed by atoms with Crippen LogP contribution in [-0.2, 0) is 5.54 Å². The van der Waals surface area contributed by atoms with Crippen molar-refractivity contribution >= 4 is 39.5 Å². The van der Waals surface area contributed by atoms with Gasteiger partial charge in [0.25, 0.3) is 5.91 Å². The lowest BCUT2D eigenvalue weighted by atomic mass is 9.94. The molecule has 4 rings (SSSR count). The van der Waals surface area contributed by atoms with Gasteiger partial charge in [-0.3, -0.25) is 9.59 Å². The van der Waals surface area contributed by atoms with Crippen LogP contribution in [0.25, 0.3) is 21.8 Å². The van der Waals surface area contributed by atoms with E-state index < -0.39 is 5.54 Å². The molecule has 0 fully saturated rings. The number of aromatic amines is 1. The summed E-state index contributed by atoms with van der Waals surface area (Å²) < 4.78 is 0. The summed E-state index contributed by atoms with van der Waals surface area (Å²) >= 11 is 1.69. The van der Waals surface area contributed by atoms with Crippen LogP contribution in [0.15, 0.2) is 76.4 Å². The molecule has 0 atom stereocenters. The van der Waals surface area contributed by atoms with Crippen molar-refractivity contribution in [3.8, 4) is 0 Å². The van der Waals surface area contributed by atoms with Gasteiger partial charge in [-0.2, -0.15) is 0 Å². The first-order valence-corrected chi connectivity index (χ1v) is 10.6. The molecule has 1 amide bonds. The number of hydrogen-bond acceptors (Lipinski definition) is 3. The zero-order chi connectivity index (χ0) is 20.6. The van der Waals surface area contributed by atoms with Gasteiger partial charge in [-0.15, -0.1) is 11.8 Å². The molecule has 0 aliphatic carbocycles. The first kappa shape index (κ1) is 19.3. The van der Waals surface area contributed by atoms with Crippen LogP contribution in [0, 0.1) is 0 Å². The molecule has 4 aromatic rings. The Morgan fingerprint density at radius 3 is 2.34 bits per heavy atom. The number of rotatable bonds is 4. The summed E-state index contributed by atoms with van der Waals surface area (Å²) in [5.41, 5.74) is 2.40. The van der Waals surface area contributed by atoms with Crippen LogP contribution in [-0.4, -0.2) is 17.1 Å². The summed E-state index contributed by atoms with van der Waals surface area (Å²) in [6.07, 6.45) is 2.04. The van der Waals surface area contributed by atoms with Gasteiger partial charge in [0.2, 0.25) is 0 Å². The monoisotopic (exact) mass is 402 g/mol. The number of carbonyl (C=O) groups excluding carboxylic acids is 1. The van der Waals surface area contributed by atoms with Crippen molar-refractivity contribution in [2.75, 3.05) is 6.26 Å². The van der Waals surface area contributed by atoms with Crippen LogP contribution in [0.5, 0.6) is 0 Å². The number of nitrogens with one attached hydrogen (secondary N) is 2. The number of thioether (sulfide) groups is 1. The number of fused-ring (bicyclic) bond motifs is 2. The summed E-state index contributed by atoms with van der Waals surface area (Å²) in [6.45, 7) is 3.96. The molecule has 146 valence electrons. The van der Waals surface area contributed by atoms with Gasteiger partial charge in [-0.05, 0) is 68.1 Å². The maximum Gasteiger partial charge on any atom is 0.252 e. The van der Waals surface area contributed by atoms with Crippen LogP contribution >= 0.6 is 11.8 Å². The molecule has 0 aliphatic heterocycles. The third kappa shape index (κ3) is 3.66. The average Bonchev–Trinajstić information content (AvgIpc) is 2.73. The van der Waals surface area contributed by atoms with Gasteiger partial charge in [0.05, 0.1) is 11.1 Å². The number of H-pyrrole nitrogens is 1. The molecule has 0 spiro atoms. The second-order valence-electron chi connectivity index (χ2n) is 7.57. The molecule has 0 saturated carbocycles. The van der Waals surface area contributed by atoms with Crippen LogP contribution < -0.4 is 10.7 Å². The summed E-state index contributed by atoms with van der Waals surface area (Å²) in [4.78, 5) is 30.1. The molecule has 1 heterocycles. The molecule has 2 N–H and O–H groups in total. The highest BCUT2D eigenvalue weighted by Gasteiger charge is 2.23. The lowest BCUT2D eigenvalue weighted by Gasteiger charge is -2.27. The molecule has 3 aromatic carbocycles. The number of para-hydroxylation sites is 1. The van der Waals surface area contributed by atoms with E-state index in [1.54, 1.807) is 36.0 Å². The van der Waals surface area contributed by atoms with Gasteiger partial charge in [0.1, 0.15) is 0 Å². The van der Waals surface area contributed by atoms with Gasteiger partial charge in [0.15, 0.2) is 5.43 Å². The molecular weight excluding hydrogens is 380 g/mol. The Kier molecular flexibility index (Phi) is 4.92. The lowest BCUT2D eigenvalue weighted by Crippen LogP contribution is -2.41. The van der Waals surface area contributed by atoms with E-state index in [2.05, 4.69) is 22.4 Å². The Balaban J connectivity index is 1.67. The third-order valence-corrected chi connectivity index (χ3v) is 5.95. The topological polar surface area (TPSA) is 62.0 Å². The minimum absolute atomic E-state index is 0.0319. The second-order valence-corrected chi connectivity index (χ2v) is 8.45. The van der Waals surface area contributed by atoms with E-state index in [0.717, 1.165) is 11.1 Å². The van der Waals surface area contributed by atoms with Crippen molar-refractivity contribution in [2.24, 2.45) is 0 Å². The summed E-state index contributed by atoms with van der Waals surface area (Å²) in [6, 6.07) is 20.7. The van der Waals surface area contributed by atoms with Gasteiger partial charge >= 0.3 is 0 Å². The Morgan fingerprint density at radius 1 is 0.931 bits per heavy atom. The number of carbonyl (C=O) groups is 1. The second kappa shape index (κ2) is 7.41. The highest BCUT2D eigenvalue weighted by Crippen LogP contribution is 2.24. The fourth-order valence-electron chi connectivity index (χ4n) is 3.50. The Hall–Kier alpha value is -3.05. The van der Waals surface area contributed by atoms with E-state index in [4.69, 9.17) is 0 Å². The predicted octanol–water partition coefficient (Wildman–Crippen LogP) is 5.07. The van der Waals surface area contributed by atoms with Gasteiger partial charge in [-0.25, -0.2) is 0 Å². The van der Waals surface area contributed by atoms with Crippen molar-refractivity contribution in [1.82, 2.24) is 10.3 Å². The molecule has 0 saturated heterocycles. The maximum absolute atomic E-state index is 12.9. The molecule has 0 unspecified atom stereocenters. The maximum atomic E-state index is 12.9. The molecule has 0 radical (unpaired) electrons. The standard InChI is InChI=1S/C24H22N2O2S/c1-24(2,16-9-11-17(29-3)12-10-16)26-23(28)15-8-13-19-21(14-15)25-20-7-5-4-6-18(20)22(19)27/h4-14H,1-3H3,(H,25,27)(H,26,28). The SMILES string of the molecule is CSc1ccc(C(C)(C)NC(=O)c2ccc3c(=O)c4ccccc4[nH]c3c2)cc1. The normalized spacial score (nSPS) is 11.7. The van der Waals surface area contributed by atoms with E-state index in [1.165, 1.54) is 4.90 Å². The smallest absolute Gasteiger partial charge is 0.252 e. The van der Waals surface area contributed by atoms with Crippen molar-refractivity contribution in [3.05, 3.63) is 88.1 Å². The van der Waals surface area contributed by atoms with Gasteiger partial charge in [-0.1, -0.05) is 24.3 Å². The minimum Gasteiger partial charge on any atom is -0.354 e. The fourth-order valence-corrected chi connectivity index (χ4v) is 3.91. The van der Waals surface area contributed by atoms with Crippen LogP contribution in [0.1, 0.15) is 29.8 Å². The molecular formula is C24H22N2O2S. The predicted molar refractivity (Wildman–Crippen MR) is 121 cm³/mol. The largest absolute Gasteiger partial charge is 0.354 e. The molecule has 5 heteroatoms. The fraction of sp³-hybridized carbons (Fsp3) is 0.167. The van der Waals surface area contributed by atoms with Crippen LogP contribution in [0.3, 0.4) is 0 Å². The Labute approximate surface area is 173 Å². The average molecular weight is 403 g/mol. The van der Waals surface area contributed by atoms with Gasteiger partial charge < -0.3 is 10.3 Å². The van der Waals surface area contributed by atoms with Crippen molar-refractivity contribution in [3.63, 3.8) is 0 Å². The molecule has 4 nitrogen and oxygen atoms in total. The van der Waals surface area contributed by atoms with E-state index in [-0.39, 0.29) is 11.3 Å². The van der Waals surface area contributed by atoms with E-state index in [9.17, 15) is 9.59 Å². The first-order valence-electron chi connectivity index (χ1n) is 9.41. The van der Waals surface area contributed by atoms with Crippen LogP contribution in [0.2, 0.25) is 0 Å². The molecule has 0 bridgehead atoms. The van der Waals surface area contributed by atoms with E-state index in [1.807, 2.05) is 50.4 Å². The molecule has 29 heavy (non-hydrogen) atoms. The zero-order valence-corrected chi connectivity index (χ0v) is 17.4. The van der Waals surface area contributed by atoms with Crippen molar-refractivity contribution in [1.29, 1.82) is 0 Å². The van der Waals surface area contributed by atoms with E-state index in [0.29, 0.717) is 21.9 Å². The lowest BCUT2D eigenvalue weighted by molar-refractivity contribution is 0.0912. The summed E-state index contributed by atoms with van der Waals surface area (Å²) in [7, 11) is 0. The summed E-state index contributed by atoms with van der Waals surface area (Å²) in [5.74, 6) is -0.181. The van der Waals surface area contributed by atoms with Crippen molar-refractivity contribution in [2.45, 2.75) is 24.3 Å². The number of aromatic nitrogens is 1. The van der Waals surface area contributed by atoms with E-state index >= 15 is 0 Å². The Bertz CT molecular complexity index is 1270. The quantitative estimate of drug-likeness (QED) is 0.370. The molecule has 0 aliphatic rings. The number of benzene rings is 3. The highest BCUT2D eigenvalue weighted by atomic mass is 32.2. The number of hydrogen-bond donors (Lipinski definition) is 2. The number of amides is 1. The third-order valence-electron chi connectivity index (χ3n) is 5.21. The number of pyridine rings is 1. The highest BCUT2D eigenvalue weighted by molar-refractivity contribution is 7.98. The zero-order valence-electron chi connectivity index (χ0n) is 16.6. The van der Waals surface area contributed by atoms with Crippen LogP contribution in [0.4, 0.5) is 0 Å². The first-order chi connectivity index (χ1) is 13.9. The van der Waals surface area contributed by atoms with Gasteiger partial charge in [0, 0.05) is 26.7 Å². The molecule has 1 aromatic heterocycles.